The SMILES string of the molecule is C=CC(=O)OCO[Si](OC)(OC)C1C=CC=CO1. The summed E-state index contributed by atoms with van der Waals surface area (Å²) in [4.78, 5) is 10.9. The molecule has 0 radical (unpaired) electrons. The number of allylic oxidation sites excluding steroid dienone is 2. The molecule has 6 nitrogen and oxygen atoms in total. The maximum Gasteiger partial charge on any atom is 0.550 e. The van der Waals surface area contributed by atoms with Gasteiger partial charge >= 0.3 is 14.8 Å². The normalized spacial score (nSPS) is 18.2. The molecule has 18 heavy (non-hydrogen) atoms. The molecular weight excluding hydrogens is 256 g/mol. The highest BCUT2D eigenvalue weighted by Crippen LogP contribution is 2.19. The molecule has 1 rings (SSSR count). The molecule has 0 aromatic rings. The Morgan fingerprint density at radius 2 is 2.17 bits per heavy atom. The van der Waals surface area contributed by atoms with Gasteiger partial charge in [-0.15, -0.1) is 0 Å². The number of carbonyl (C=O) groups excluding carboxylic acids is 1. The average molecular weight is 272 g/mol. The maximum atomic E-state index is 10.9. The molecule has 1 unspecified atom stereocenters. The zero-order chi connectivity index (χ0) is 13.4. The molecular formula is C11H16O6Si. The van der Waals surface area contributed by atoms with Gasteiger partial charge in [0.15, 0.2) is 12.5 Å². The van der Waals surface area contributed by atoms with Crippen LogP contribution in [0.4, 0.5) is 0 Å². The lowest BCUT2D eigenvalue weighted by molar-refractivity contribution is -0.147. The molecule has 0 amide bonds. The summed E-state index contributed by atoms with van der Waals surface area (Å²) in [5.74, 6) is -0.579. The lowest BCUT2D eigenvalue weighted by atomic mass is 10.4. The number of hydrogen-bond donors (Lipinski definition) is 0. The Labute approximate surface area is 107 Å². The Hall–Kier alpha value is -1.41. The van der Waals surface area contributed by atoms with Crippen LogP contribution in [0.25, 0.3) is 0 Å². The molecule has 0 fully saturated rings. The average Bonchev–Trinajstić information content (AvgIpc) is 2.44. The second-order valence-corrected chi connectivity index (χ2v) is 6.09. The first-order valence-corrected chi connectivity index (χ1v) is 7.01. The molecule has 0 spiro atoms. The van der Waals surface area contributed by atoms with Crippen molar-refractivity contribution in [1.82, 2.24) is 0 Å². The van der Waals surface area contributed by atoms with Crippen molar-refractivity contribution in [2.24, 2.45) is 0 Å². The molecule has 0 N–H and O–H groups in total. The molecule has 1 atom stereocenters. The van der Waals surface area contributed by atoms with Gasteiger partial charge < -0.3 is 22.8 Å². The maximum absolute atomic E-state index is 10.9. The molecule has 7 heteroatoms. The van der Waals surface area contributed by atoms with Crippen LogP contribution in [0.5, 0.6) is 0 Å². The molecule has 0 saturated heterocycles. The van der Waals surface area contributed by atoms with Gasteiger partial charge in [0.2, 0.25) is 0 Å². The van der Waals surface area contributed by atoms with Gasteiger partial charge in [-0.2, -0.15) is 0 Å². The summed E-state index contributed by atoms with van der Waals surface area (Å²) in [6, 6.07) is 0. The molecule has 100 valence electrons. The summed E-state index contributed by atoms with van der Waals surface area (Å²) < 4.78 is 26.2. The number of esters is 1. The molecule has 1 aliphatic rings. The number of rotatable bonds is 7. The molecule has 0 aromatic carbocycles. The predicted molar refractivity (Wildman–Crippen MR) is 65.2 cm³/mol. The van der Waals surface area contributed by atoms with E-state index in [1.54, 1.807) is 18.2 Å². The van der Waals surface area contributed by atoms with Crippen LogP contribution in [-0.2, 0) is 27.5 Å². The largest absolute Gasteiger partial charge is 0.550 e. The first kappa shape index (κ1) is 14.6. The molecule has 0 aliphatic carbocycles. The Kier molecular flexibility index (Phi) is 5.79. The fourth-order valence-electron chi connectivity index (χ4n) is 1.33. The number of hydrogen-bond acceptors (Lipinski definition) is 6. The lowest BCUT2D eigenvalue weighted by Gasteiger charge is -2.31. The highest BCUT2D eigenvalue weighted by molar-refractivity contribution is 6.62. The number of ether oxygens (including phenoxy) is 2. The summed E-state index contributed by atoms with van der Waals surface area (Å²) in [5.41, 5.74) is -0.472. The number of carbonyl (C=O) groups is 1. The van der Waals surface area contributed by atoms with Gasteiger partial charge in [0.25, 0.3) is 0 Å². The van der Waals surface area contributed by atoms with Crippen molar-refractivity contribution in [1.29, 1.82) is 0 Å². The Balaban J connectivity index is 2.62. The van der Waals surface area contributed by atoms with Crippen LogP contribution in [0.2, 0.25) is 0 Å². The fourth-order valence-corrected chi connectivity index (χ4v) is 3.18. The van der Waals surface area contributed by atoms with E-state index in [0.717, 1.165) is 6.08 Å². The smallest absolute Gasteiger partial charge is 0.489 e. The van der Waals surface area contributed by atoms with Crippen LogP contribution in [0, 0.1) is 0 Å². The highest BCUT2D eigenvalue weighted by Gasteiger charge is 2.49. The topological polar surface area (TPSA) is 63.2 Å². The Morgan fingerprint density at radius 3 is 2.67 bits per heavy atom. The van der Waals surface area contributed by atoms with Crippen molar-refractivity contribution in [3.63, 3.8) is 0 Å². The van der Waals surface area contributed by atoms with Crippen molar-refractivity contribution in [2.75, 3.05) is 21.0 Å². The second-order valence-electron chi connectivity index (χ2n) is 3.21. The first-order chi connectivity index (χ1) is 8.68. The van der Waals surface area contributed by atoms with E-state index in [4.69, 9.17) is 22.8 Å². The van der Waals surface area contributed by atoms with E-state index in [1.165, 1.54) is 20.5 Å². The van der Waals surface area contributed by atoms with Gasteiger partial charge in [0.1, 0.15) is 0 Å². The Bertz CT molecular complexity index is 347. The first-order valence-electron chi connectivity index (χ1n) is 5.20. The van der Waals surface area contributed by atoms with E-state index in [9.17, 15) is 4.79 Å². The third-order valence-electron chi connectivity index (χ3n) is 2.25. The summed E-state index contributed by atoms with van der Waals surface area (Å²) in [7, 11) is -0.176. The highest BCUT2D eigenvalue weighted by atomic mass is 28.4. The van der Waals surface area contributed by atoms with Crippen molar-refractivity contribution < 1.29 is 27.5 Å². The van der Waals surface area contributed by atoms with Gasteiger partial charge in [-0.25, -0.2) is 4.79 Å². The summed E-state index contributed by atoms with van der Waals surface area (Å²) in [6.45, 7) is 3.00. The zero-order valence-corrected chi connectivity index (χ0v) is 11.3. The van der Waals surface area contributed by atoms with Crippen LogP contribution in [0.15, 0.2) is 37.1 Å². The third kappa shape index (κ3) is 3.54. The lowest BCUT2D eigenvalue weighted by Crippen LogP contribution is -2.55. The van der Waals surface area contributed by atoms with E-state index in [1.807, 2.05) is 0 Å². The van der Waals surface area contributed by atoms with Gasteiger partial charge in [0.05, 0.1) is 6.26 Å². The van der Waals surface area contributed by atoms with Gasteiger partial charge in [-0.05, 0) is 12.2 Å². The van der Waals surface area contributed by atoms with E-state index in [0.29, 0.717) is 0 Å². The van der Waals surface area contributed by atoms with Crippen LogP contribution < -0.4 is 0 Å². The minimum Gasteiger partial charge on any atom is -0.489 e. The van der Waals surface area contributed by atoms with Crippen LogP contribution in [0.3, 0.4) is 0 Å². The predicted octanol–water partition coefficient (Wildman–Crippen LogP) is 0.929. The van der Waals surface area contributed by atoms with Crippen molar-refractivity contribution in [3.8, 4) is 0 Å². The summed E-state index contributed by atoms with van der Waals surface area (Å²) in [5, 5.41) is 0. The molecule has 0 saturated carbocycles. The van der Waals surface area contributed by atoms with E-state index in [2.05, 4.69) is 6.58 Å². The van der Waals surface area contributed by atoms with Gasteiger partial charge in [0, 0.05) is 20.3 Å². The van der Waals surface area contributed by atoms with Crippen LogP contribution >= 0.6 is 0 Å². The Morgan fingerprint density at radius 1 is 1.44 bits per heavy atom. The third-order valence-corrected chi connectivity index (χ3v) is 4.93. The van der Waals surface area contributed by atoms with Gasteiger partial charge in [-0.1, -0.05) is 12.7 Å². The van der Waals surface area contributed by atoms with E-state index >= 15 is 0 Å². The fraction of sp³-hybridized carbons (Fsp3) is 0.364. The summed E-state index contributed by atoms with van der Waals surface area (Å²) in [6.07, 6.45) is 7.86. The molecule has 1 heterocycles. The quantitative estimate of drug-likeness (QED) is 0.297. The second kappa shape index (κ2) is 7.12. The van der Waals surface area contributed by atoms with Crippen LogP contribution in [-0.4, -0.2) is 41.5 Å². The minimum atomic E-state index is -3.09. The van der Waals surface area contributed by atoms with Crippen LogP contribution in [0.1, 0.15) is 0 Å². The van der Waals surface area contributed by atoms with Crippen molar-refractivity contribution in [3.05, 3.63) is 37.1 Å². The molecule has 0 aromatic heterocycles. The molecule has 1 aliphatic heterocycles. The van der Waals surface area contributed by atoms with Gasteiger partial charge in [-0.3, -0.25) is 0 Å². The van der Waals surface area contributed by atoms with E-state index in [-0.39, 0.29) is 6.79 Å². The van der Waals surface area contributed by atoms with E-state index < -0.39 is 20.5 Å². The summed E-state index contributed by atoms with van der Waals surface area (Å²) >= 11 is 0. The zero-order valence-electron chi connectivity index (χ0n) is 10.3. The van der Waals surface area contributed by atoms with Crippen molar-refractivity contribution in [2.45, 2.75) is 5.73 Å². The molecule has 0 bridgehead atoms. The monoisotopic (exact) mass is 272 g/mol. The minimum absolute atomic E-state index is 0.282. The van der Waals surface area contributed by atoms with Crippen molar-refractivity contribution >= 4 is 14.8 Å². The standard InChI is InChI=1S/C11H16O6Si/c1-4-10(12)16-9-17-18(13-2,14-3)11-7-5-6-8-15-11/h4-8,11H,1,9H2,2-3H3.